The standard InChI is InChI=1S/C10H18O2.C2H4O2/c1-5-7-10(4,6-2)8(3)9(11)12;1-2(3)4/h3,5-7H2,1-2,4H3,(H,11,12);1H3,(H,3,4). The Kier molecular flexibility index (Phi) is 8.44. The Bertz CT molecular complexity index is 254. The monoisotopic (exact) mass is 230 g/mol. The van der Waals surface area contributed by atoms with Crippen LogP contribution in [0.1, 0.15) is 47.0 Å². The highest BCUT2D eigenvalue weighted by Crippen LogP contribution is 2.34. The predicted octanol–water partition coefficient (Wildman–Crippen LogP) is 2.93. The van der Waals surface area contributed by atoms with Crippen molar-refractivity contribution in [2.75, 3.05) is 0 Å². The summed E-state index contributed by atoms with van der Waals surface area (Å²) in [5, 5.41) is 16.2. The number of carboxylic acid groups (broad SMARTS) is 2. The van der Waals surface area contributed by atoms with E-state index in [4.69, 9.17) is 15.0 Å². The molecule has 0 saturated heterocycles. The molecule has 4 nitrogen and oxygen atoms in total. The summed E-state index contributed by atoms with van der Waals surface area (Å²) < 4.78 is 0. The molecule has 0 aromatic rings. The Hall–Kier alpha value is -1.32. The van der Waals surface area contributed by atoms with Crippen LogP contribution in [0, 0.1) is 5.41 Å². The lowest BCUT2D eigenvalue weighted by atomic mass is 9.77. The van der Waals surface area contributed by atoms with E-state index in [0.717, 1.165) is 26.2 Å². The fraction of sp³-hybridized carbons (Fsp3) is 0.667. The molecular formula is C12H22O4. The Morgan fingerprint density at radius 1 is 1.25 bits per heavy atom. The summed E-state index contributed by atoms with van der Waals surface area (Å²) >= 11 is 0. The largest absolute Gasteiger partial charge is 0.481 e. The maximum absolute atomic E-state index is 10.7. The first kappa shape index (κ1) is 17.1. The summed E-state index contributed by atoms with van der Waals surface area (Å²) in [7, 11) is 0. The summed E-state index contributed by atoms with van der Waals surface area (Å²) in [6.07, 6.45) is 2.73. The van der Waals surface area contributed by atoms with Crippen LogP contribution in [-0.2, 0) is 9.59 Å². The third kappa shape index (κ3) is 7.04. The molecule has 0 aromatic heterocycles. The smallest absolute Gasteiger partial charge is 0.331 e. The van der Waals surface area contributed by atoms with E-state index in [1.165, 1.54) is 0 Å². The lowest BCUT2D eigenvalue weighted by Gasteiger charge is -2.27. The highest BCUT2D eigenvalue weighted by molar-refractivity contribution is 5.87. The molecule has 0 amide bonds. The zero-order valence-electron chi connectivity index (χ0n) is 10.5. The Balaban J connectivity index is 0. The Morgan fingerprint density at radius 3 is 1.81 bits per heavy atom. The molecular weight excluding hydrogens is 208 g/mol. The van der Waals surface area contributed by atoms with Gasteiger partial charge in [-0.1, -0.05) is 33.8 Å². The number of rotatable bonds is 5. The Labute approximate surface area is 97.0 Å². The van der Waals surface area contributed by atoms with Gasteiger partial charge in [-0.2, -0.15) is 0 Å². The molecule has 4 heteroatoms. The second-order valence-electron chi connectivity index (χ2n) is 3.97. The van der Waals surface area contributed by atoms with Gasteiger partial charge < -0.3 is 10.2 Å². The molecule has 2 N–H and O–H groups in total. The molecule has 0 radical (unpaired) electrons. The molecule has 0 saturated carbocycles. The van der Waals surface area contributed by atoms with Crippen molar-refractivity contribution < 1.29 is 19.8 Å². The van der Waals surface area contributed by atoms with Crippen LogP contribution in [0.2, 0.25) is 0 Å². The molecule has 1 unspecified atom stereocenters. The second kappa shape index (κ2) is 7.91. The first-order chi connectivity index (χ1) is 7.21. The predicted molar refractivity (Wildman–Crippen MR) is 63.4 cm³/mol. The van der Waals surface area contributed by atoms with E-state index in [1.807, 2.05) is 13.8 Å². The average molecular weight is 230 g/mol. The highest BCUT2D eigenvalue weighted by Gasteiger charge is 2.28. The van der Waals surface area contributed by atoms with Gasteiger partial charge >= 0.3 is 5.97 Å². The molecule has 0 fully saturated rings. The molecule has 0 heterocycles. The van der Waals surface area contributed by atoms with Gasteiger partial charge in [-0.15, -0.1) is 0 Å². The molecule has 0 aliphatic heterocycles. The van der Waals surface area contributed by atoms with Gasteiger partial charge in [-0.3, -0.25) is 4.79 Å². The molecule has 1 atom stereocenters. The van der Waals surface area contributed by atoms with Gasteiger partial charge in [0.05, 0.1) is 0 Å². The van der Waals surface area contributed by atoms with Crippen LogP contribution < -0.4 is 0 Å². The first-order valence-corrected chi connectivity index (χ1v) is 5.33. The minimum atomic E-state index is -0.868. The average Bonchev–Trinajstić information content (AvgIpc) is 2.15. The molecule has 0 bridgehead atoms. The van der Waals surface area contributed by atoms with Gasteiger partial charge in [-0.05, 0) is 18.3 Å². The fourth-order valence-corrected chi connectivity index (χ4v) is 1.35. The number of hydrogen-bond donors (Lipinski definition) is 2. The van der Waals surface area contributed by atoms with E-state index in [-0.39, 0.29) is 5.41 Å². The quantitative estimate of drug-likeness (QED) is 0.712. The second-order valence-corrected chi connectivity index (χ2v) is 3.97. The minimum Gasteiger partial charge on any atom is -0.481 e. The van der Waals surface area contributed by atoms with Crippen LogP contribution in [-0.4, -0.2) is 22.2 Å². The van der Waals surface area contributed by atoms with Crippen molar-refractivity contribution in [1.82, 2.24) is 0 Å². The van der Waals surface area contributed by atoms with E-state index in [0.29, 0.717) is 5.57 Å². The van der Waals surface area contributed by atoms with E-state index in [1.54, 1.807) is 0 Å². The van der Waals surface area contributed by atoms with Crippen molar-refractivity contribution in [3.8, 4) is 0 Å². The van der Waals surface area contributed by atoms with Crippen LogP contribution in [0.5, 0.6) is 0 Å². The maximum atomic E-state index is 10.7. The normalized spacial score (nSPS) is 13.0. The van der Waals surface area contributed by atoms with Crippen LogP contribution >= 0.6 is 0 Å². The Morgan fingerprint density at radius 2 is 1.62 bits per heavy atom. The number of carbonyl (C=O) groups is 2. The van der Waals surface area contributed by atoms with Crippen molar-refractivity contribution in [3.63, 3.8) is 0 Å². The summed E-state index contributed by atoms with van der Waals surface area (Å²) in [4.78, 5) is 19.7. The third-order valence-corrected chi connectivity index (χ3v) is 2.57. The van der Waals surface area contributed by atoms with Gasteiger partial charge in [0.1, 0.15) is 0 Å². The zero-order valence-corrected chi connectivity index (χ0v) is 10.5. The van der Waals surface area contributed by atoms with E-state index in [9.17, 15) is 4.79 Å². The molecule has 0 aliphatic carbocycles. The SMILES string of the molecule is C=C(C(=O)O)C(C)(CC)CCC.CC(=O)O. The van der Waals surface area contributed by atoms with Gasteiger partial charge in [0, 0.05) is 12.5 Å². The van der Waals surface area contributed by atoms with Crippen LogP contribution in [0.4, 0.5) is 0 Å². The molecule has 0 rings (SSSR count). The van der Waals surface area contributed by atoms with Crippen molar-refractivity contribution in [3.05, 3.63) is 12.2 Å². The lowest BCUT2D eigenvalue weighted by Crippen LogP contribution is -2.22. The maximum Gasteiger partial charge on any atom is 0.331 e. The van der Waals surface area contributed by atoms with Gasteiger partial charge in [0.15, 0.2) is 0 Å². The van der Waals surface area contributed by atoms with E-state index >= 15 is 0 Å². The highest BCUT2D eigenvalue weighted by atomic mass is 16.4. The zero-order chi connectivity index (χ0) is 13.4. The molecule has 94 valence electrons. The summed E-state index contributed by atoms with van der Waals surface area (Å²) in [6.45, 7) is 10.7. The van der Waals surface area contributed by atoms with Crippen LogP contribution in [0.15, 0.2) is 12.2 Å². The summed E-state index contributed by atoms with van der Waals surface area (Å²) in [5.41, 5.74) is 0.118. The number of aliphatic carboxylic acids is 2. The molecule has 0 aromatic carbocycles. The lowest BCUT2D eigenvalue weighted by molar-refractivity contribution is -0.135. The van der Waals surface area contributed by atoms with Crippen LogP contribution in [0.3, 0.4) is 0 Å². The summed E-state index contributed by atoms with van der Waals surface area (Å²) in [5.74, 6) is -1.70. The van der Waals surface area contributed by atoms with Gasteiger partial charge in [0.25, 0.3) is 5.97 Å². The van der Waals surface area contributed by atoms with Gasteiger partial charge in [-0.25, -0.2) is 4.79 Å². The topological polar surface area (TPSA) is 74.6 Å². The van der Waals surface area contributed by atoms with Gasteiger partial charge in [0.2, 0.25) is 0 Å². The van der Waals surface area contributed by atoms with Crippen molar-refractivity contribution in [2.45, 2.75) is 47.0 Å². The van der Waals surface area contributed by atoms with E-state index in [2.05, 4.69) is 13.5 Å². The third-order valence-electron chi connectivity index (χ3n) is 2.57. The molecule has 16 heavy (non-hydrogen) atoms. The number of hydrogen-bond acceptors (Lipinski definition) is 2. The van der Waals surface area contributed by atoms with E-state index < -0.39 is 11.9 Å². The minimum absolute atomic E-state index is 0.222. The number of carboxylic acids is 2. The van der Waals surface area contributed by atoms with Crippen molar-refractivity contribution >= 4 is 11.9 Å². The summed E-state index contributed by atoms with van der Waals surface area (Å²) in [6, 6.07) is 0. The van der Waals surface area contributed by atoms with Crippen molar-refractivity contribution in [1.29, 1.82) is 0 Å². The molecule has 0 aliphatic rings. The fourth-order valence-electron chi connectivity index (χ4n) is 1.35. The first-order valence-electron chi connectivity index (χ1n) is 5.33. The molecule has 0 spiro atoms. The van der Waals surface area contributed by atoms with Crippen molar-refractivity contribution in [2.24, 2.45) is 5.41 Å². The van der Waals surface area contributed by atoms with Crippen LogP contribution in [0.25, 0.3) is 0 Å².